The van der Waals surface area contributed by atoms with Crippen molar-refractivity contribution < 1.29 is 32.4 Å². The number of rotatable bonds is 12. The third-order valence-electron chi connectivity index (χ3n) is 6.50. The fourth-order valence-electron chi connectivity index (χ4n) is 4.44. The number of Topliss-reactive ketones (excluding diaryl/α,β-unsaturated/α-hetero) is 1. The topological polar surface area (TPSA) is 108 Å². The zero-order valence-electron chi connectivity index (χ0n) is 22.7. The number of hydrogen-bond acceptors (Lipinski definition) is 7. The first-order chi connectivity index (χ1) is 18.7. The van der Waals surface area contributed by atoms with Gasteiger partial charge in [-0.1, -0.05) is 17.7 Å². The van der Waals surface area contributed by atoms with Gasteiger partial charge in [0, 0.05) is 0 Å². The summed E-state index contributed by atoms with van der Waals surface area (Å²) in [7, 11) is 1.34. The molecule has 2 aliphatic heterocycles. The minimum absolute atomic E-state index is 0.192. The molecule has 9 heteroatoms. The summed E-state index contributed by atoms with van der Waals surface area (Å²) in [6, 6.07) is 9.26. The van der Waals surface area contributed by atoms with E-state index < -0.39 is 43.5 Å². The molecule has 0 aromatic heterocycles. The Labute approximate surface area is 233 Å². The van der Waals surface area contributed by atoms with Crippen molar-refractivity contribution in [3.63, 3.8) is 0 Å². The molecule has 0 saturated carbocycles. The smallest absolute Gasteiger partial charge is 0.337 e. The van der Waals surface area contributed by atoms with Crippen LogP contribution in [0.1, 0.15) is 27.2 Å². The van der Waals surface area contributed by atoms with Crippen molar-refractivity contribution in [1.29, 1.82) is 0 Å². The second kappa shape index (κ2) is 14.2. The van der Waals surface area contributed by atoms with Gasteiger partial charge in [0.25, 0.3) is 0 Å². The Kier molecular flexibility index (Phi) is 11.1. The van der Waals surface area contributed by atoms with Gasteiger partial charge in [-0.15, -0.1) is 0 Å². The van der Waals surface area contributed by atoms with Crippen LogP contribution in [-0.4, -0.2) is 63.6 Å². The molecule has 3 rings (SSSR count). The first-order valence-corrected chi connectivity index (χ1v) is 15.5. The molecule has 2 fully saturated rings. The summed E-state index contributed by atoms with van der Waals surface area (Å²) in [4.78, 5) is 37.7. The number of amides is 1. The molecule has 2 aliphatic rings. The number of ketones is 1. The van der Waals surface area contributed by atoms with Crippen molar-refractivity contribution in [3.8, 4) is 0 Å². The largest absolute Gasteiger partial charge is 0.465 e. The van der Waals surface area contributed by atoms with Crippen LogP contribution in [0.2, 0.25) is 5.32 Å². The molecule has 4 atom stereocenters. The van der Waals surface area contributed by atoms with E-state index in [0.717, 1.165) is 10.0 Å². The Morgan fingerprint density at radius 3 is 2.62 bits per heavy atom. The molecule has 0 spiro atoms. The zero-order chi connectivity index (χ0) is 28.4. The summed E-state index contributed by atoms with van der Waals surface area (Å²) >= 11 is -2.27. The molecule has 8 nitrogen and oxygen atoms in total. The monoisotopic (exact) mass is 601 g/mol. The summed E-state index contributed by atoms with van der Waals surface area (Å²) in [5, 5.41) is 3.21. The number of benzene rings is 1. The SMILES string of the molecule is C\C=C(/C=C(C)/C=C/C=C/C=C(\C)C(=O)[C@@H]1C(=O)N[C@]2(OCC[Se](=O)c3ccccc3)CCO[C@H]12)C(=O)OC. The van der Waals surface area contributed by atoms with Crippen molar-refractivity contribution in [1.82, 2.24) is 5.32 Å². The van der Waals surface area contributed by atoms with Gasteiger partial charge in [-0.3, -0.25) is 0 Å². The van der Waals surface area contributed by atoms with Crippen LogP contribution in [0.25, 0.3) is 0 Å². The summed E-state index contributed by atoms with van der Waals surface area (Å²) in [5.41, 5.74) is 0.635. The van der Waals surface area contributed by atoms with Gasteiger partial charge >= 0.3 is 174 Å². The van der Waals surface area contributed by atoms with Gasteiger partial charge < -0.3 is 4.74 Å². The van der Waals surface area contributed by atoms with E-state index in [1.54, 1.807) is 50.3 Å². The van der Waals surface area contributed by atoms with Crippen LogP contribution in [0, 0.1) is 5.92 Å². The summed E-state index contributed by atoms with van der Waals surface area (Å²) in [6.07, 6.45) is 11.8. The van der Waals surface area contributed by atoms with Gasteiger partial charge in [0.2, 0.25) is 0 Å². The number of allylic oxidation sites excluding steroid dienone is 8. The van der Waals surface area contributed by atoms with Crippen molar-refractivity contribution in [3.05, 3.63) is 89.6 Å². The molecule has 208 valence electrons. The fourth-order valence-corrected chi connectivity index (χ4v) is 6.40. The molecule has 1 N–H and O–H groups in total. The Bertz CT molecular complexity index is 1250. The fraction of sp³-hybridized carbons (Fsp3) is 0.367. The standard InChI is InChI=1S/C30H35NO7Se/c1-5-23(29(34)36-4)20-21(2)12-8-6-9-13-22(3)26(32)25-27-30(16-17-37-27,31-28(25)33)38-18-19-39(35)24-14-10-7-11-15-24/h5-15,20,25,27H,16-19H2,1-4H3,(H,31,33)/b9-6+,12-8+,21-20+,22-13+,23-5+/t25-,27+,30-,39?/m0/s1. The normalized spacial score (nSPS) is 24.7. The molecule has 1 aromatic rings. The van der Waals surface area contributed by atoms with E-state index >= 15 is 0 Å². The van der Waals surface area contributed by atoms with Crippen molar-refractivity contribution in [2.75, 3.05) is 20.3 Å². The molecule has 0 aliphatic carbocycles. The van der Waals surface area contributed by atoms with Gasteiger partial charge in [-0.2, -0.15) is 0 Å². The predicted molar refractivity (Wildman–Crippen MR) is 149 cm³/mol. The minimum atomic E-state index is -2.27. The minimum Gasteiger partial charge on any atom is -0.465 e. The van der Waals surface area contributed by atoms with E-state index in [0.29, 0.717) is 29.5 Å². The van der Waals surface area contributed by atoms with Crippen LogP contribution in [0.3, 0.4) is 0 Å². The van der Waals surface area contributed by atoms with E-state index in [-0.39, 0.29) is 12.4 Å². The van der Waals surface area contributed by atoms with Gasteiger partial charge in [0.1, 0.15) is 0 Å². The molecule has 0 radical (unpaired) electrons. The van der Waals surface area contributed by atoms with Crippen molar-refractivity contribution >= 4 is 36.0 Å². The van der Waals surface area contributed by atoms with Gasteiger partial charge in [-0.25, -0.2) is 4.79 Å². The average molecular weight is 601 g/mol. The van der Waals surface area contributed by atoms with E-state index in [1.165, 1.54) is 7.11 Å². The second-order valence-electron chi connectivity index (χ2n) is 9.19. The van der Waals surface area contributed by atoms with Gasteiger partial charge in [0.05, 0.1) is 12.7 Å². The molecule has 0 bridgehead atoms. The zero-order valence-corrected chi connectivity index (χ0v) is 24.4. The van der Waals surface area contributed by atoms with E-state index in [2.05, 4.69) is 5.32 Å². The van der Waals surface area contributed by atoms with Crippen LogP contribution in [0.5, 0.6) is 0 Å². The average Bonchev–Trinajstić information content (AvgIpc) is 3.45. The molecular weight excluding hydrogens is 565 g/mol. The van der Waals surface area contributed by atoms with Crippen molar-refractivity contribution in [2.24, 2.45) is 5.92 Å². The van der Waals surface area contributed by atoms with Crippen LogP contribution in [0.4, 0.5) is 0 Å². The number of ether oxygens (including phenoxy) is 3. The molecule has 39 heavy (non-hydrogen) atoms. The van der Waals surface area contributed by atoms with Crippen LogP contribution in [0.15, 0.2) is 89.6 Å². The first kappa shape index (κ1) is 30.3. The quantitative estimate of drug-likeness (QED) is 0.129. The predicted octanol–water partition coefficient (Wildman–Crippen LogP) is 3.26. The molecule has 2 saturated heterocycles. The Balaban J connectivity index is 1.60. The molecule has 1 aromatic carbocycles. The van der Waals surface area contributed by atoms with E-state index in [1.807, 2.05) is 43.3 Å². The first-order valence-electron chi connectivity index (χ1n) is 12.7. The molecular formula is C30H35NO7Se. The maximum absolute atomic E-state index is 13.2. The van der Waals surface area contributed by atoms with Gasteiger partial charge in [-0.05, 0) is 19.9 Å². The van der Waals surface area contributed by atoms with Gasteiger partial charge in [0.15, 0.2) is 0 Å². The second-order valence-corrected chi connectivity index (χ2v) is 12.5. The molecule has 1 amide bonds. The van der Waals surface area contributed by atoms with Crippen molar-refractivity contribution in [2.45, 2.75) is 44.3 Å². The Hall–Kier alpha value is -3.23. The third-order valence-corrected chi connectivity index (χ3v) is 9.30. The Morgan fingerprint density at radius 1 is 1.18 bits per heavy atom. The maximum atomic E-state index is 13.2. The number of hydrogen-bond donors (Lipinski definition) is 1. The van der Waals surface area contributed by atoms with Crippen LogP contribution >= 0.6 is 0 Å². The summed E-state index contributed by atoms with van der Waals surface area (Å²) in [6.45, 7) is 5.83. The number of carbonyl (C=O) groups is 3. The number of esters is 1. The number of fused-ring (bicyclic) bond motifs is 1. The maximum Gasteiger partial charge on any atom is 0.337 e. The summed E-state index contributed by atoms with van der Waals surface area (Å²) < 4.78 is 30.1. The number of methoxy groups -OCH3 is 1. The summed E-state index contributed by atoms with van der Waals surface area (Å²) in [5.74, 6) is -2.17. The van der Waals surface area contributed by atoms with Crippen LogP contribution in [-0.2, 0) is 32.4 Å². The third kappa shape index (κ3) is 7.67. The van der Waals surface area contributed by atoms with E-state index in [4.69, 9.17) is 14.2 Å². The number of carbonyl (C=O) groups excluding carboxylic acids is 3. The Morgan fingerprint density at radius 2 is 1.92 bits per heavy atom. The van der Waals surface area contributed by atoms with Crippen LogP contribution < -0.4 is 9.78 Å². The molecule has 2 heterocycles. The molecule has 1 unspecified atom stereocenters. The van der Waals surface area contributed by atoms with E-state index in [9.17, 15) is 18.2 Å². The number of nitrogens with one attached hydrogen (secondary N) is 1.